The highest BCUT2D eigenvalue weighted by molar-refractivity contribution is 7.15. The average Bonchev–Trinajstić information content (AvgIpc) is 3.34. The van der Waals surface area contributed by atoms with E-state index in [1.165, 1.54) is 10.4 Å². The van der Waals surface area contributed by atoms with E-state index in [2.05, 4.69) is 42.4 Å². The number of hydrogen-bond donors (Lipinski definition) is 1. The van der Waals surface area contributed by atoms with E-state index in [4.69, 9.17) is 9.15 Å². The predicted octanol–water partition coefficient (Wildman–Crippen LogP) is 4.53. The minimum absolute atomic E-state index is 0.117. The monoisotopic (exact) mass is 428 g/mol. The number of thiophene rings is 1. The largest absolute Gasteiger partial charge is 0.495 e. The molecule has 8 heteroatoms. The number of para-hydroxylation sites is 2. The van der Waals surface area contributed by atoms with Crippen LogP contribution in [0.4, 0.5) is 5.69 Å². The number of anilines is 1. The summed E-state index contributed by atoms with van der Waals surface area (Å²) in [6.07, 6.45) is 1.90. The van der Waals surface area contributed by atoms with Gasteiger partial charge in [-0.25, -0.2) is 0 Å². The van der Waals surface area contributed by atoms with Crippen molar-refractivity contribution in [2.45, 2.75) is 40.2 Å². The molecule has 3 rings (SSSR count). The molecule has 1 aromatic carbocycles. The fraction of sp³-hybridized carbons (Fsp3) is 0.409. The molecular weight excluding hydrogens is 400 g/mol. The van der Waals surface area contributed by atoms with Gasteiger partial charge in [-0.3, -0.25) is 9.69 Å². The van der Waals surface area contributed by atoms with E-state index in [-0.39, 0.29) is 12.5 Å². The van der Waals surface area contributed by atoms with E-state index < -0.39 is 0 Å². The molecule has 2 aromatic heterocycles. The smallest absolute Gasteiger partial charge is 0.257 e. The number of carbonyl (C=O) groups is 1. The second kappa shape index (κ2) is 10.4. The van der Waals surface area contributed by atoms with E-state index in [0.29, 0.717) is 29.8 Å². The SMILES string of the molecule is CCCN(CC(=O)Nc1ccccc1OC)Cc1nnc(-c2cc(C)c(CC)s2)o1. The molecule has 7 nitrogen and oxygen atoms in total. The number of nitrogens with one attached hydrogen (secondary N) is 1. The van der Waals surface area contributed by atoms with Crippen LogP contribution in [-0.4, -0.2) is 41.2 Å². The molecule has 0 fully saturated rings. The zero-order valence-corrected chi connectivity index (χ0v) is 18.7. The molecular formula is C22H28N4O3S. The Bertz CT molecular complexity index is 982. The molecule has 1 amide bonds. The van der Waals surface area contributed by atoms with Gasteiger partial charge >= 0.3 is 0 Å². The van der Waals surface area contributed by atoms with Crippen LogP contribution in [0.5, 0.6) is 5.75 Å². The Morgan fingerprint density at radius 1 is 1.27 bits per heavy atom. The van der Waals surface area contributed by atoms with Gasteiger partial charge < -0.3 is 14.5 Å². The molecule has 0 bridgehead atoms. The van der Waals surface area contributed by atoms with Crippen molar-refractivity contribution < 1.29 is 13.9 Å². The van der Waals surface area contributed by atoms with E-state index >= 15 is 0 Å². The molecule has 0 spiro atoms. The summed E-state index contributed by atoms with van der Waals surface area (Å²) >= 11 is 1.68. The van der Waals surface area contributed by atoms with Crippen LogP contribution in [0, 0.1) is 6.92 Å². The number of rotatable bonds is 10. The highest BCUT2D eigenvalue weighted by Crippen LogP contribution is 2.31. The molecule has 2 heterocycles. The van der Waals surface area contributed by atoms with Crippen LogP contribution in [0.25, 0.3) is 10.8 Å². The van der Waals surface area contributed by atoms with Gasteiger partial charge in [-0.2, -0.15) is 0 Å². The third-order valence-corrected chi connectivity index (χ3v) is 6.04. The van der Waals surface area contributed by atoms with Crippen molar-refractivity contribution >= 4 is 22.9 Å². The molecule has 0 saturated carbocycles. The van der Waals surface area contributed by atoms with Crippen molar-refractivity contribution in [3.8, 4) is 16.5 Å². The summed E-state index contributed by atoms with van der Waals surface area (Å²) in [5.74, 6) is 1.56. The third-order valence-electron chi connectivity index (χ3n) is 4.67. The molecule has 3 aromatic rings. The standard InChI is InChI=1S/C22H28N4O3S/c1-5-11-26(13-20(27)23-16-9-7-8-10-17(16)28-4)14-21-24-25-22(29-21)19-12-15(3)18(6-2)30-19/h7-10,12H,5-6,11,13-14H2,1-4H3,(H,23,27). The van der Waals surface area contributed by atoms with E-state index in [0.717, 1.165) is 24.3 Å². The molecule has 0 aliphatic carbocycles. The number of methoxy groups -OCH3 is 1. The minimum atomic E-state index is -0.117. The third kappa shape index (κ3) is 5.46. The quantitative estimate of drug-likeness (QED) is 0.511. The van der Waals surface area contributed by atoms with Crippen molar-refractivity contribution in [1.82, 2.24) is 15.1 Å². The molecule has 0 radical (unpaired) electrons. The molecule has 1 N–H and O–H groups in total. The molecule has 0 saturated heterocycles. The van der Waals surface area contributed by atoms with Crippen molar-refractivity contribution in [2.75, 3.05) is 25.5 Å². The lowest BCUT2D eigenvalue weighted by Crippen LogP contribution is -2.33. The Morgan fingerprint density at radius 2 is 2.07 bits per heavy atom. The number of carbonyl (C=O) groups excluding carboxylic acids is 1. The lowest BCUT2D eigenvalue weighted by molar-refractivity contribution is -0.117. The van der Waals surface area contributed by atoms with Crippen LogP contribution < -0.4 is 10.1 Å². The lowest BCUT2D eigenvalue weighted by atomic mass is 10.2. The first-order valence-corrected chi connectivity index (χ1v) is 10.9. The Balaban J connectivity index is 1.65. The van der Waals surface area contributed by atoms with Gasteiger partial charge in [-0.05, 0) is 50.1 Å². The first-order chi connectivity index (χ1) is 14.5. The van der Waals surface area contributed by atoms with Gasteiger partial charge in [0, 0.05) is 4.88 Å². The fourth-order valence-corrected chi connectivity index (χ4v) is 4.29. The maximum Gasteiger partial charge on any atom is 0.257 e. The highest BCUT2D eigenvalue weighted by Gasteiger charge is 2.17. The number of benzene rings is 1. The maximum atomic E-state index is 12.6. The van der Waals surface area contributed by atoms with Crippen LogP contribution in [0.15, 0.2) is 34.7 Å². The van der Waals surface area contributed by atoms with Crippen LogP contribution in [0.3, 0.4) is 0 Å². The second-order valence-corrected chi connectivity index (χ2v) is 8.17. The number of hydrogen-bond acceptors (Lipinski definition) is 7. The number of nitrogens with zero attached hydrogens (tertiary/aromatic N) is 3. The average molecular weight is 429 g/mol. The summed E-state index contributed by atoms with van der Waals surface area (Å²) in [5.41, 5.74) is 1.90. The van der Waals surface area contributed by atoms with E-state index in [1.807, 2.05) is 29.2 Å². The molecule has 0 aliphatic rings. The van der Waals surface area contributed by atoms with Crippen molar-refractivity contribution in [1.29, 1.82) is 0 Å². The van der Waals surface area contributed by atoms with Gasteiger partial charge in [-0.1, -0.05) is 26.0 Å². The Kier molecular flexibility index (Phi) is 7.59. The zero-order chi connectivity index (χ0) is 21.5. The van der Waals surface area contributed by atoms with Crippen molar-refractivity contribution in [2.24, 2.45) is 0 Å². The van der Waals surface area contributed by atoms with Gasteiger partial charge in [0.1, 0.15) is 5.75 Å². The van der Waals surface area contributed by atoms with Gasteiger partial charge in [-0.15, -0.1) is 21.5 Å². The van der Waals surface area contributed by atoms with E-state index in [1.54, 1.807) is 18.4 Å². The van der Waals surface area contributed by atoms with Gasteiger partial charge in [0.05, 0.1) is 30.8 Å². The van der Waals surface area contributed by atoms with Crippen LogP contribution in [0.2, 0.25) is 0 Å². The number of aromatic nitrogens is 2. The van der Waals surface area contributed by atoms with E-state index in [9.17, 15) is 4.79 Å². The van der Waals surface area contributed by atoms with Gasteiger partial charge in [0.25, 0.3) is 5.89 Å². The Morgan fingerprint density at radius 3 is 2.77 bits per heavy atom. The molecule has 30 heavy (non-hydrogen) atoms. The summed E-state index contributed by atoms with van der Waals surface area (Å²) in [7, 11) is 1.58. The summed E-state index contributed by atoms with van der Waals surface area (Å²) in [6.45, 7) is 7.70. The van der Waals surface area contributed by atoms with Crippen LogP contribution in [-0.2, 0) is 17.8 Å². The fourth-order valence-electron chi connectivity index (χ4n) is 3.26. The highest BCUT2D eigenvalue weighted by atomic mass is 32.1. The molecule has 0 unspecified atom stereocenters. The Labute approximate surface area is 181 Å². The first-order valence-electron chi connectivity index (χ1n) is 10.1. The zero-order valence-electron chi connectivity index (χ0n) is 17.9. The van der Waals surface area contributed by atoms with Crippen molar-refractivity contribution in [3.05, 3.63) is 46.7 Å². The molecule has 0 aliphatic heterocycles. The predicted molar refractivity (Wildman–Crippen MR) is 119 cm³/mol. The lowest BCUT2D eigenvalue weighted by Gasteiger charge is -2.19. The summed E-state index contributed by atoms with van der Waals surface area (Å²) in [6, 6.07) is 9.45. The number of aryl methyl sites for hydroxylation is 2. The van der Waals surface area contributed by atoms with Crippen molar-refractivity contribution in [3.63, 3.8) is 0 Å². The summed E-state index contributed by atoms with van der Waals surface area (Å²) in [4.78, 5) is 16.9. The maximum absolute atomic E-state index is 12.6. The second-order valence-electron chi connectivity index (χ2n) is 7.03. The number of amides is 1. The van der Waals surface area contributed by atoms with Gasteiger partial charge in [0.15, 0.2) is 0 Å². The summed E-state index contributed by atoms with van der Waals surface area (Å²) in [5, 5.41) is 11.3. The Hall–Kier alpha value is -2.71. The topological polar surface area (TPSA) is 80.5 Å². The minimum Gasteiger partial charge on any atom is -0.495 e. The van der Waals surface area contributed by atoms with Crippen LogP contribution in [0.1, 0.15) is 36.6 Å². The summed E-state index contributed by atoms with van der Waals surface area (Å²) < 4.78 is 11.2. The molecule has 160 valence electrons. The number of ether oxygens (including phenoxy) is 1. The first kappa shape index (κ1) is 22.0. The molecule has 0 atom stereocenters. The van der Waals surface area contributed by atoms with Crippen LogP contribution >= 0.6 is 11.3 Å². The normalized spacial score (nSPS) is 11.1. The van der Waals surface area contributed by atoms with Gasteiger partial charge in [0.2, 0.25) is 11.8 Å².